The number of ether oxygens (including phenoxy) is 2. The number of carbonyl (C=O) groups excluding carboxylic acids is 1. The van der Waals surface area contributed by atoms with Gasteiger partial charge in [0.05, 0.1) is 31.7 Å². The molecule has 2 aliphatic rings. The van der Waals surface area contributed by atoms with E-state index in [0.29, 0.717) is 12.2 Å². The summed E-state index contributed by atoms with van der Waals surface area (Å²) in [6.45, 7) is 4.27. The molecular weight excluding hydrogens is 408 g/mol. The zero-order valence-electron chi connectivity index (χ0n) is 18.3. The van der Waals surface area contributed by atoms with E-state index in [-0.39, 0.29) is 5.97 Å². The van der Waals surface area contributed by atoms with Gasteiger partial charge in [-0.1, -0.05) is 30.3 Å². The summed E-state index contributed by atoms with van der Waals surface area (Å²) in [5.74, 6) is 1.52. The molecule has 0 saturated heterocycles. The number of fused-ring (bicyclic) bond motifs is 1. The highest BCUT2D eigenvalue weighted by Gasteiger charge is 2.25. The maximum absolute atomic E-state index is 12.6. The lowest BCUT2D eigenvalue weighted by Gasteiger charge is -2.26. The number of rotatable bonds is 6. The van der Waals surface area contributed by atoms with Gasteiger partial charge in [-0.15, -0.1) is 11.8 Å². The molecule has 0 aliphatic carbocycles. The van der Waals surface area contributed by atoms with Crippen molar-refractivity contribution in [1.29, 1.82) is 0 Å². The lowest BCUT2D eigenvalue weighted by atomic mass is 9.96. The minimum atomic E-state index is -0.299. The molecule has 0 N–H and O–H groups in total. The Morgan fingerprint density at radius 3 is 2.74 bits per heavy atom. The number of methoxy groups -OCH3 is 1. The number of hydrogen-bond acceptors (Lipinski definition) is 6. The summed E-state index contributed by atoms with van der Waals surface area (Å²) in [6.07, 6.45) is 5.00. The SMILES string of the molecule is CCOc1ccccc1-c1ccc2c(c1)C(C(=O)OC)=CCCN2CC1=CN(C)CS1. The van der Waals surface area contributed by atoms with Crippen molar-refractivity contribution < 1.29 is 14.3 Å². The van der Waals surface area contributed by atoms with Gasteiger partial charge in [-0.05, 0) is 37.1 Å². The summed E-state index contributed by atoms with van der Waals surface area (Å²) in [5.41, 5.74) is 4.63. The Labute approximate surface area is 188 Å². The topological polar surface area (TPSA) is 42.0 Å². The molecule has 31 heavy (non-hydrogen) atoms. The molecular formula is C25H28N2O3S. The summed E-state index contributed by atoms with van der Waals surface area (Å²) >= 11 is 1.86. The molecule has 6 heteroatoms. The fraction of sp³-hybridized carbons (Fsp3) is 0.320. The van der Waals surface area contributed by atoms with Crippen LogP contribution >= 0.6 is 11.8 Å². The molecule has 0 bridgehead atoms. The predicted molar refractivity (Wildman–Crippen MR) is 128 cm³/mol. The van der Waals surface area contributed by atoms with Gasteiger partial charge < -0.3 is 19.3 Å². The van der Waals surface area contributed by atoms with Gasteiger partial charge in [0, 0.05) is 41.5 Å². The number of hydrogen-bond donors (Lipinski definition) is 0. The second-order valence-corrected chi connectivity index (χ2v) is 8.68. The quantitative estimate of drug-likeness (QED) is 0.594. The predicted octanol–water partition coefficient (Wildman–Crippen LogP) is 5.00. The largest absolute Gasteiger partial charge is 0.493 e. The van der Waals surface area contributed by atoms with Gasteiger partial charge in [-0.2, -0.15) is 0 Å². The van der Waals surface area contributed by atoms with E-state index in [1.54, 1.807) is 0 Å². The Balaban J connectivity index is 1.78. The van der Waals surface area contributed by atoms with Crippen LogP contribution in [0.5, 0.6) is 5.75 Å². The van der Waals surface area contributed by atoms with E-state index >= 15 is 0 Å². The molecule has 0 unspecified atom stereocenters. The van der Waals surface area contributed by atoms with Crippen molar-refractivity contribution in [2.24, 2.45) is 0 Å². The average molecular weight is 437 g/mol. The molecule has 0 spiro atoms. The third kappa shape index (κ3) is 4.59. The van der Waals surface area contributed by atoms with Crippen LogP contribution in [0, 0.1) is 0 Å². The van der Waals surface area contributed by atoms with Gasteiger partial charge in [-0.3, -0.25) is 0 Å². The van der Waals surface area contributed by atoms with E-state index in [1.807, 2.05) is 43.0 Å². The first kappa shape index (κ1) is 21.4. The lowest BCUT2D eigenvalue weighted by Crippen LogP contribution is -2.26. The minimum absolute atomic E-state index is 0.299. The molecule has 162 valence electrons. The van der Waals surface area contributed by atoms with Crippen LogP contribution in [0.4, 0.5) is 5.69 Å². The van der Waals surface area contributed by atoms with Crippen LogP contribution in [-0.4, -0.2) is 50.6 Å². The molecule has 0 fully saturated rings. The third-order valence-electron chi connectivity index (χ3n) is 5.44. The number of nitrogens with zero attached hydrogens (tertiary/aromatic N) is 2. The van der Waals surface area contributed by atoms with Crippen LogP contribution in [-0.2, 0) is 9.53 Å². The molecule has 0 amide bonds. The van der Waals surface area contributed by atoms with Gasteiger partial charge in [-0.25, -0.2) is 4.79 Å². The van der Waals surface area contributed by atoms with Crippen molar-refractivity contribution in [2.45, 2.75) is 13.3 Å². The van der Waals surface area contributed by atoms with Gasteiger partial charge >= 0.3 is 5.97 Å². The normalized spacial score (nSPS) is 15.7. The highest BCUT2D eigenvalue weighted by molar-refractivity contribution is 8.03. The van der Waals surface area contributed by atoms with Gasteiger partial charge in [0.2, 0.25) is 0 Å². The Bertz CT molecular complexity index is 1030. The molecule has 2 aromatic carbocycles. The van der Waals surface area contributed by atoms with Crippen LogP contribution in [0.3, 0.4) is 0 Å². The first-order valence-corrected chi connectivity index (χ1v) is 11.5. The summed E-state index contributed by atoms with van der Waals surface area (Å²) < 4.78 is 11.0. The Morgan fingerprint density at radius 1 is 1.16 bits per heavy atom. The van der Waals surface area contributed by atoms with E-state index in [1.165, 1.54) is 12.0 Å². The summed E-state index contributed by atoms with van der Waals surface area (Å²) in [4.78, 5) is 18.5. The average Bonchev–Trinajstić information content (AvgIpc) is 3.11. The van der Waals surface area contributed by atoms with Gasteiger partial charge in [0.25, 0.3) is 0 Å². The molecule has 2 aromatic rings. The molecule has 5 nitrogen and oxygen atoms in total. The number of esters is 1. The second-order valence-electron chi connectivity index (χ2n) is 7.61. The zero-order chi connectivity index (χ0) is 21.8. The van der Waals surface area contributed by atoms with Crippen LogP contribution in [0.25, 0.3) is 16.7 Å². The van der Waals surface area contributed by atoms with Crippen LogP contribution < -0.4 is 9.64 Å². The molecule has 2 heterocycles. The Kier molecular flexibility index (Phi) is 6.56. The number of thioether (sulfide) groups is 1. The number of para-hydroxylation sites is 1. The van der Waals surface area contributed by atoms with E-state index in [9.17, 15) is 4.79 Å². The third-order valence-corrected chi connectivity index (χ3v) is 6.58. The van der Waals surface area contributed by atoms with Crippen LogP contribution in [0.1, 0.15) is 18.9 Å². The second kappa shape index (κ2) is 9.52. The molecule has 0 atom stereocenters. The van der Waals surface area contributed by atoms with E-state index < -0.39 is 0 Å². The van der Waals surface area contributed by atoms with Crippen molar-refractivity contribution >= 4 is 29.0 Å². The number of benzene rings is 2. The molecule has 0 aromatic heterocycles. The van der Waals surface area contributed by atoms with Gasteiger partial charge in [0.15, 0.2) is 0 Å². The van der Waals surface area contributed by atoms with E-state index in [0.717, 1.165) is 53.5 Å². The lowest BCUT2D eigenvalue weighted by molar-refractivity contribution is -0.133. The van der Waals surface area contributed by atoms with Crippen molar-refractivity contribution in [3.05, 3.63) is 65.2 Å². The summed E-state index contributed by atoms with van der Waals surface area (Å²) in [7, 11) is 3.53. The number of anilines is 1. The van der Waals surface area contributed by atoms with E-state index in [4.69, 9.17) is 9.47 Å². The van der Waals surface area contributed by atoms with E-state index in [2.05, 4.69) is 47.3 Å². The number of carbonyl (C=O) groups is 1. The zero-order valence-corrected chi connectivity index (χ0v) is 19.1. The fourth-order valence-corrected chi connectivity index (χ4v) is 4.97. The minimum Gasteiger partial charge on any atom is -0.493 e. The molecule has 0 saturated carbocycles. The summed E-state index contributed by atoms with van der Waals surface area (Å²) in [6, 6.07) is 14.4. The molecule has 4 rings (SSSR count). The van der Waals surface area contributed by atoms with Crippen molar-refractivity contribution in [2.75, 3.05) is 44.6 Å². The standard InChI is InChI=1S/C25H28N2O3S/c1-4-30-24-10-6-5-8-20(24)18-11-12-23-22(14-18)21(25(28)29-3)9-7-13-27(23)16-19-15-26(2)17-31-19/h5-6,8-12,14-15H,4,7,13,16-17H2,1-3H3. The first-order valence-electron chi connectivity index (χ1n) is 10.5. The first-order chi connectivity index (χ1) is 15.1. The van der Waals surface area contributed by atoms with Crippen molar-refractivity contribution in [3.63, 3.8) is 0 Å². The van der Waals surface area contributed by atoms with Crippen molar-refractivity contribution in [3.8, 4) is 16.9 Å². The van der Waals surface area contributed by atoms with Crippen LogP contribution in [0.15, 0.2) is 59.6 Å². The highest BCUT2D eigenvalue weighted by atomic mass is 32.2. The molecule has 2 aliphatic heterocycles. The van der Waals surface area contributed by atoms with Gasteiger partial charge in [0.1, 0.15) is 5.75 Å². The van der Waals surface area contributed by atoms with Crippen LogP contribution in [0.2, 0.25) is 0 Å². The monoisotopic (exact) mass is 436 g/mol. The van der Waals surface area contributed by atoms with Crippen molar-refractivity contribution in [1.82, 2.24) is 4.90 Å². The fourth-order valence-electron chi connectivity index (χ4n) is 4.02. The smallest absolute Gasteiger partial charge is 0.338 e. The molecule has 0 radical (unpaired) electrons. The maximum Gasteiger partial charge on any atom is 0.338 e. The highest BCUT2D eigenvalue weighted by Crippen LogP contribution is 2.39. The maximum atomic E-state index is 12.6. The Morgan fingerprint density at radius 2 is 2.00 bits per heavy atom. The summed E-state index contributed by atoms with van der Waals surface area (Å²) in [5, 5.41) is 0. The Hall–Kier alpha value is -2.86.